The molecular weight excluding hydrogens is 152 g/mol. The molecule has 0 amide bonds. The van der Waals surface area contributed by atoms with Crippen LogP contribution in [0, 0.1) is 0 Å². The van der Waals surface area contributed by atoms with Crippen LogP contribution >= 0.6 is 0 Å². The van der Waals surface area contributed by atoms with Gasteiger partial charge in [-0.15, -0.1) is 0 Å². The van der Waals surface area contributed by atoms with Crippen molar-refractivity contribution in [2.24, 2.45) is 0 Å². The molecule has 58 valence electrons. The fraction of sp³-hybridized carbons (Fsp3) is 0. The average Bonchev–Trinajstić information content (AvgIpc) is 1.89. The highest BCUT2D eigenvalue weighted by molar-refractivity contribution is 5.68. The molecule has 0 aromatic rings. The molecule has 0 aliphatic carbocycles. The minimum atomic E-state index is -1.47. The zero-order valence-electron chi connectivity index (χ0n) is 4.38. The molecule has 8 nitrogen and oxygen atoms in total. The van der Waals surface area contributed by atoms with Gasteiger partial charge in [-0.3, -0.25) is 4.79 Å². The van der Waals surface area contributed by atoms with Crippen LogP contribution in [0.5, 0.6) is 0 Å². The van der Waals surface area contributed by atoms with Gasteiger partial charge in [-0.05, 0) is 5.04 Å². The van der Waals surface area contributed by atoms with Crippen LogP contribution < -0.4 is 0 Å². The van der Waals surface area contributed by atoms with E-state index >= 15 is 0 Å². The molecule has 0 radical (unpaired) electrons. The Morgan fingerprint density at radius 1 is 1.40 bits per heavy atom. The SMILES string of the molecule is O=COC(=O)OOOOO. The molecule has 0 aromatic carbocycles. The third kappa shape index (κ3) is 4.93. The van der Waals surface area contributed by atoms with E-state index in [0.29, 0.717) is 0 Å². The molecule has 1 N–H and O–H groups in total. The van der Waals surface area contributed by atoms with Crippen LogP contribution in [0.25, 0.3) is 0 Å². The zero-order chi connectivity index (χ0) is 7.82. The van der Waals surface area contributed by atoms with Crippen LogP contribution in [-0.4, -0.2) is 17.9 Å². The molecule has 0 aliphatic rings. The molecule has 0 atom stereocenters. The molecular formula is C2H2O8. The van der Waals surface area contributed by atoms with Crippen molar-refractivity contribution in [3.63, 3.8) is 0 Å². The fourth-order valence-electron chi connectivity index (χ4n) is 0.113. The zero-order valence-corrected chi connectivity index (χ0v) is 4.38. The first kappa shape index (κ1) is 8.78. The van der Waals surface area contributed by atoms with Crippen molar-refractivity contribution in [2.75, 3.05) is 0 Å². The van der Waals surface area contributed by atoms with E-state index in [-0.39, 0.29) is 6.47 Å². The lowest BCUT2D eigenvalue weighted by atomic mass is 11.3. The summed E-state index contributed by atoms with van der Waals surface area (Å²) in [5, 5.41) is 16.6. The lowest BCUT2D eigenvalue weighted by molar-refractivity contribution is -0.691. The van der Waals surface area contributed by atoms with Crippen molar-refractivity contribution in [2.45, 2.75) is 0 Å². The summed E-state index contributed by atoms with van der Waals surface area (Å²) in [5.41, 5.74) is 0. The lowest BCUT2D eigenvalue weighted by Crippen LogP contribution is -2.06. The maximum Gasteiger partial charge on any atom is 0.550 e. The first-order valence-electron chi connectivity index (χ1n) is 1.77. The number of hydrogen-bond donors (Lipinski definition) is 1. The first-order valence-corrected chi connectivity index (χ1v) is 1.77. The van der Waals surface area contributed by atoms with Crippen molar-refractivity contribution in [3.05, 3.63) is 0 Å². The van der Waals surface area contributed by atoms with Crippen LogP contribution in [0.2, 0.25) is 0 Å². The molecule has 0 fully saturated rings. The third-order valence-electron chi connectivity index (χ3n) is 0.305. The predicted molar refractivity (Wildman–Crippen MR) is 19.5 cm³/mol. The van der Waals surface area contributed by atoms with Crippen molar-refractivity contribution in [3.8, 4) is 0 Å². The van der Waals surface area contributed by atoms with E-state index in [0.717, 1.165) is 0 Å². The minimum Gasteiger partial charge on any atom is -0.361 e. The van der Waals surface area contributed by atoms with E-state index in [2.05, 4.69) is 24.7 Å². The van der Waals surface area contributed by atoms with E-state index in [9.17, 15) is 9.59 Å². The molecule has 0 rings (SSSR count). The molecule has 0 unspecified atom stereocenters. The monoisotopic (exact) mass is 154 g/mol. The third-order valence-corrected chi connectivity index (χ3v) is 0.305. The lowest BCUT2D eigenvalue weighted by Gasteiger charge is -1.93. The van der Waals surface area contributed by atoms with Gasteiger partial charge in [0.2, 0.25) is 0 Å². The Hall–Kier alpha value is -1.22. The van der Waals surface area contributed by atoms with Gasteiger partial charge in [0.05, 0.1) is 0 Å². The summed E-state index contributed by atoms with van der Waals surface area (Å²) in [6.45, 7) is -0.189. The van der Waals surface area contributed by atoms with Crippen molar-refractivity contribution < 1.29 is 39.6 Å². The van der Waals surface area contributed by atoms with Crippen molar-refractivity contribution in [1.29, 1.82) is 0 Å². The van der Waals surface area contributed by atoms with Gasteiger partial charge in [-0.25, -0.2) is 14.9 Å². The summed E-state index contributed by atoms with van der Waals surface area (Å²) < 4.78 is 3.50. The van der Waals surface area contributed by atoms with Gasteiger partial charge in [0.1, 0.15) is 0 Å². The Bertz CT molecular complexity index is 108. The topological polar surface area (TPSA) is 101 Å². The van der Waals surface area contributed by atoms with E-state index in [1.54, 1.807) is 0 Å². The normalized spacial score (nSPS) is 8.50. The van der Waals surface area contributed by atoms with Crippen LogP contribution in [0.3, 0.4) is 0 Å². The molecule has 10 heavy (non-hydrogen) atoms. The van der Waals surface area contributed by atoms with Gasteiger partial charge in [-0.1, -0.05) is 0 Å². The van der Waals surface area contributed by atoms with Crippen LogP contribution in [0.15, 0.2) is 0 Å². The van der Waals surface area contributed by atoms with Gasteiger partial charge >= 0.3 is 12.6 Å². The molecule has 0 aliphatic heterocycles. The Balaban J connectivity index is 3.13. The average molecular weight is 154 g/mol. The Kier molecular flexibility index (Phi) is 5.19. The number of carbonyl (C=O) groups is 2. The second-order valence-corrected chi connectivity index (χ2v) is 0.758. The number of rotatable bonds is 4. The second-order valence-electron chi connectivity index (χ2n) is 0.758. The Morgan fingerprint density at radius 3 is 2.60 bits per heavy atom. The molecule has 0 aromatic heterocycles. The highest BCUT2D eigenvalue weighted by atomic mass is 17.8. The maximum atomic E-state index is 9.90. The second kappa shape index (κ2) is 5.91. The number of ether oxygens (including phenoxy) is 1. The van der Waals surface area contributed by atoms with Crippen LogP contribution in [0.4, 0.5) is 4.79 Å². The number of carbonyl (C=O) groups excluding carboxylic acids is 2. The Labute approximate surface area is 53.5 Å². The molecule has 0 bridgehead atoms. The molecule has 0 saturated carbocycles. The standard InChI is InChI=1S/C2H2O8/c3-1-6-2(4)7-9-10-8-5/h1,5H. The van der Waals surface area contributed by atoms with Crippen LogP contribution in [0.1, 0.15) is 0 Å². The molecule has 0 saturated heterocycles. The summed E-state index contributed by atoms with van der Waals surface area (Å²) in [7, 11) is 0. The number of hydrogen-bond acceptors (Lipinski definition) is 8. The van der Waals surface area contributed by atoms with E-state index < -0.39 is 6.16 Å². The quantitative estimate of drug-likeness (QED) is 0.145. The summed E-state index contributed by atoms with van der Waals surface area (Å²) in [4.78, 5) is 22.7. The largest absolute Gasteiger partial charge is 0.550 e. The van der Waals surface area contributed by atoms with Gasteiger partial charge in [0.15, 0.2) is 0 Å². The van der Waals surface area contributed by atoms with E-state index in [1.165, 1.54) is 0 Å². The van der Waals surface area contributed by atoms with Crippen molar-refractivity contribution in [1.82, 2.24) is 0 Å². The fourth-order valence-corrected chi connectivity index (χ4v) is 0.113. The summed E-state index contributed by atoms with van der Waals surface area (Å²) in [5.74, 6) is 0. The highest BCUT2D eigenvalue weighted by Crippen LogP contribution is 1.84. The van der Waals surface area contributed by atoms with Gasteiger partial charge in [-0.2, -0.15) is 0 Å². The highest BCUT2D eigenvalue weighted by Gasteiger charge is 2.03. The smallest absolute Gasteiger partial charge is 0.361 e. The Morgan fingerprint density at radius 2 is 2.10 bits per heavy atom. The maximum absolute atomic E-state index is 9.90. The summed E-state index contributed by atoms with van der Waals surface area (Å²) in [6, 6.07) is 0. The summed E-state index contributed by atoms with van der Waals surface area (Å²) in [6.07, 6.45) is -1.47. The molecule has 8 heteroatoms. The van der Waals surface area contributed by atoms with E-state index in [4.69, 9.17) is 5.26 Å². The predicted octanol–water partition coefficient (Wildman–Crippen LogP) is -0.436. The molecule has 0 heterocycles. The van der Waals surface area contributed by atoms with Gasteiger partial charge in [0, 0.05) is 10.1 Å². The van der Waals surface area contributed by atoms with Gasteiger partial charge < -0.3 is 4.74 Å². The van der Waals surface area contributed by atoms with Crippen molar-refractivity contribution >= 4 is 12.6 Å². The van der Waals surface area contributed by atoms with Gasteiger partial charge in [0.25, 0.3) is 0 Å². The molecule has 0 spiro atoms. The van der Waals surface area contributed by atoms with Crippen LogP contribution in [-0.2, 0) is 29.5 Å². The summed E-state index contributed by atoms with van der Waals surface area (Å²) >= 11 is 0. The minimum absolute atomic E-state index is 0.189. The first-order chi connectivity index (χ1) is 4.81. The van der Waals surface area contributed by atoms with E-state index in [1.807, 2.05) is 0 Å².